The van der Waals surface area contributed by atoms with Crippen LogP contribution in [0.4, 0.5) is 0 Å². The molecule has 0 aliphatic heterocycles. The van der Waals surface area contributed by atoms with E-state index in [1.165, 1.54) is 24.3 Å². The Bertz CT molecular complexity index is 670. The minimum Gasteiger partial charge on any atom is -0.229 e. The number of benzene rings is 1. The van der Waals surface area contributed by atoms with Gasteiger partial charge >= 0.3 is 0 Å². The van der Waals surface area contributed by atoms with Gasteiger partial charge in [-0.15, -0.1) is 0 Å². The first-order valence-corrected chi connectivity index (χ1v) is 8.96. The number of hydrogen-bond donors (Lipinski definition) is 1. The van der Waals surface area contributed by atoms with Gasteiger partial charge in [0.15, 0.2) is 0 Å². The van der Waals surface area contributed by atoms with E-state index in [0.717, 1.165) is 6.26 Å². The molecular weight excluding hydrogens is 288 g/mol. The second-order valence-corrected chi connectivity index (χ2v) is 8.04. The van der Waals surface area contributed by atoms with Crippen LogP contribution in [0.25, 0.3) is 0 Å². The number of nitrogens with one attached hydrogen (secondary N) is 1. The van der Waals surface area contributed by atoms with Crippen LogP contribution in [0.2, 0.25) is 0 Å². The first-order valence-electron chi connectivity index (χ1n) is 5.42. The molecule has 8 heteroatoms. The molecule has 1 aromatic rings. The van der Waals surface area contributed by atoms with Crippen LogP contribution in [0.5, 0.6) is 0 Å². The van der Waals surface area contributed by atoms with E-state index in [1.807, 2.05) is 6.07 Å². The maximum atomic E-state index is 11.8. The van der Waals surface area contributed by atoms with Gasteiger partial charge in [0, 0.05) is 12.8 Å². The first kappa shape index (κ1) is 15.6. The van der Waals surface area contributed by atoms with Gasteiger partial charge in [0.05, 0.1) is 22.3 Å². The molecule has 0 heterocycles. The standard InChI is InChI=1S/C11H14N2O4S2/c1-18(14,15)8-2-7-13-19(16,17)11-5-3-10(9-12)4-6-11/h3-6,13H,2,7-8H2,1H3. The monoisotopic (exact) mass is 302 g/mol. The highest BCUT2D eigenvalue weighted by atomic mass is 32.2. The molecule has 104 valence electrons. The van der Waals surface area contributed by atoms with Gasteiger partial charge in [0.25, 0.3) is 0 Å². The molecule has 0 saturated carbocycles. The fourth-order valence-electron chi connectivity index (χ4n) is 1.33. The van der Waals surface area contributed by atoms with Gasteiger partial charge in [0.2, 0.25) is 10.0 Å². The molecule has 1 aromatic carbocycles. The van der Waals surface area contributed by atoms with E-state index in [0.29, 0.717) is 5.56 Å². The van der Waals surface area contributed by atoms with E-state index < -0.39 is 19.9 Å². The second-order valence-electron chi connectivity index (χ2n) is 4.02. The van der Waals surface area contributed by atoms with Gasteiger partial charge in [-0.2, -0.15) is 5.26 Å². The van der Waals surface area contributed by atoms with E-state index in [-0.39, 0.29) is 23.6 Å². The Hall–Kier alpha value is -1.43. The molecule has 0 aliphatic carbocycles. The molecule has 0 amide bonds. The number of nitrogens with zero attached hydrogens (tertiary/aromatic N) is 1. The average Bonchev–Trinajstić information content (AvgIpc) is 2.34. The molecule has 19 heavy (non-hydrogen) atoms. The second kappa shape index (κ2) is 6.14. The van der Waals surface area contributed by atoms with Crippen molar-refractivity contribution >= 4 is 19.9 Å². The van der Waals surface area contributed by atoms with Crippen LogP contribution >= 0.6 is 0 Å². The van der Waals surface area contributed by atoms with Crippen LogP contribution in [0, 0.1) is 11.3 Å². The lowest BCUT2D eigenvalue weighted by molar-refractivity contribution is 0.577. The number of rotatable bonds is 6. The summed E-state index contributed by atoms with van der Waals surface area (Å²) < 4.78 is 47.7. The lowest BCUT2D eigenvalue weighted by Crippen LogP contribution is -2.26. The molecule has 0 saturated heterocycles. The minimum absolute atomic E-state index is 0.0471. The summed E-state index contributed by atoms with van der Waals surface area (Å²) in [4.78, 5) is 0.0471. The summed E-state index contributed by atoms with van der Waals surface area (Å²) in [6, 6.07) is 7.37. The maximum absolute atomic E-state index is 11.8. The quantitative estimate of drug-likeness (QED) is 0.760. The van der Waals surface area contributed by atoms with Gasteiger partial charge in [-0.1, -0.05) is 0 Å². The van der Waals surface area contributed by atoms with Crippen molar-refractivity contribution in [1.29, 1.82) is 5.26 Å². The van der Waals surface area contributed by atoms with Crippen molar-refractivity contribution in [3.05, 3.63) is 29.8 Å². The van der Waals surface area contributed by atoms with Crippen LogP contribution in [-0.4, -0.2) is 35.4 Å². The molecular formula is C11H14N2O4S2. The number of sulfonamides is 1. The zero-order valence-corrected chi connectivity index (χ0v) is 12.0. The molecule has 6 nitrogen and oxygen atoms in total. The van der Waals surface area contributed by atoms with Crippen LogP contribution in [0.15, 0.2) is 29.2 Å². The summed E-state index contributed by atoms with van der Waals surface area (Å²) in [6.07, 6.45) is 1.32. The number of nitriles is 1. The summed E-state index contributed by atoms with van der Waals surface area (Å²) in [5.41, 5.74) is 0.371. The first-order chi connectivity index (χ1) is 8.74. The Morgan fingerprint density at radius 3 is 2.21 bits per heavy atom. The predicted octanol–water partition coefficient (Wildman–Crippen LogP) is 0.271. The lowest BCUT2D eigenvalue weighted by Gasteiger charge is -2.06. The fourth-order valence-corrected chi connectivity index (χ4v) is 3.08. The summed E-state index contributed by atoms with van der Waals surface area (Å²) >= 11 is 0. The molecule has 0 unspecified atom stereocenters. The van der Waals surface area contributed by atoms with E-state index >= 15 is 0 Å². The van der Waals surface area contributed by atoms with Gasteiger partial charge in [0.1, 0.15) is 9.84 Å². The minimum atomic E-state index is -3.66. The highest BCUT2D eigenvalue weighted by Gasteiger charge is 2.13. The van der Waals surface area contributed by atoms with Crippen molar-refractivity contribution in [2.45, 2.75) is 11.3 Å². The molecule has 0 bridgehead atoms. The Labute approximate surface area is 113 Å². The summed E-state index contributed by atoms with van der Waals surface area (Å²) in [6.45, 7) is 0.0510. The Balaban J connectivity index is 2.63. The van der Waals surface area contributed by atoms with Crippen LogP contribution in [-0.2, 0) is 19.9 Å². The number of sulfone groups is 1. The van der Waals surface area contributed by atoms with Crippen LogP contribution < -0.4 is 4.72 Å². The topological polar surface area (TPSA) is 104 Å². The molecule has 0 aromatic heterocycles. The molecule has 0 fully saturated rings. The molecule has 0 aliphatic rings. The van der Waals surface area contributed by atoms with E-state index in [4.69, 9.17) is 5.26 Å². The molecule has 1 rings (SSSR count). The third-order valence-corrected chi connectivity index (χ3v) is 4.78. The maximum Gasteiger partial charge on any atom is 0.240 e. The van der Waals surface area contributed by atoms with Crippen molar-refractivity contribution < 1.29 is 16.8 Å². The Morgan fingerprint density at radius 2 is 1.74 bits per heavy atom. The number of hydrogen-bond acceptors (Lipinski definition) is 5. The smallest absolute Gasteiger partial charge is 0.229 e. The predicted molar refractivity (Wildman–Crippen MR) is 70.7 cm³/mol. The Kier molecular flexibility index (Phi) is 5.05. The van der Waals surface area contributed by atoms with Crippen molar-refractivity contribution in [2.75, 3.05) is 18.6 Å². The molecule has 1 N–H and O–H groups in total. The molecule has 0 spiro atoms. The summed E-state index contributed by atoms with van der Waals surface area (Å²) in [5, 5.41) is 8.61. The van der Waals surface area contributed by atoms with E-state index in [1.54, 1.807) is 0 Å². The summed E-state index contributed by atoms with van der Waals surface area (Å²) in [5.74, 6) is -0.0666. The Morgan fingerprint density at radius 1 is 1.16 bits per heavy atom. The SMILES string of the molecule is CS(=O)(=O)CCCNS(=O)(=O)c1ccc(C#N)cc1. The van der Waals surface area contributed by atoms with E-state index in [2.05, 4.69) is 4.72 Å². The highest BCUT2D eigenvalue weighted by molar-refractivity contribution is 7.90. The third-order valence-electron chi connectivity index (χ3n) is 2.28. The summed E-state index contributed by atoms with van der Waals surface area (Å²) in [7, 11) is -6.74. The third kappa shape index (κ3) is 5.38. The van der Waals surface area contributed by atoms with Crippen molar-refractivity contribution in [1.82, 2.24) is 4.72 Å². The van der Waals surface area contributed by atoms with Crippen molar-refractivity contribution in [2.24, 2.45) is 0 Å². The van der Waals surface area contributed by atoms with Crippen LogP contribution in [0.1, 0.15) is 12.0 Å². The zero-order chi connectivity index (χ0) is 14.5. The fraction of sp³-hybridized carbons (Fsp3) is 0.364. The highest BCUT2D eigenvalue weighted by Crippen LogP contribution is 2.09. The normalized spacial score (nSPS) is 12.0. The van der Waals surface area contributed by atoms with Gasteiger partial charge in [-0.25, -0.2) is 21.6 Å². The largest absolute Gasteiger partial charge is 0.240 e. The molecule has 0 radical (unpaired) electrons. The van der Waals surface area contributed by atoms with Gasteiger partial charge < -0.3 is 0 Å². The van der Waals surface area contributed by atoms with Gasteiger partial charge in [-0.05, 0) is 30.7 Å². The van der Waals surface area contributed by atoms with Crippen LogP contribution in [0.3, 0.4) is 0 Å². The lowest BCUT2D eigenvalue weighted by atomic mass is 10.2. The van der Waals surface area contributed by atoms with Crippen molar-refractivity contribution in [3.8, 4) is 6.07 Å². The zero-order valence-electron chi connectivity index (χ0n) is 10.3. The van der Waals surface area contributed by atoms with Gasteiger partial charge in [-0.3, -0.25) is 0 Å². The molecule has 0 atom stereocenters. The van der Waals surface area contributed by atoms with E-state index in [9.17, 15) is 16.8 Å². The average molecular weight is 302 g/mol. The van der Waals surface area contributed by atoms with Crippen molar-refractivity contribution in [3.63, 3.8) is 0 Å².